The van der Waals surface area contributed by atoms with Gasteiger partial charge in [0.15, 0.2) is 0 Å². The van der Waals surface area contributed by atoms with Crippen LogP contribution in [-0.2, 0) is 22.7 Å². The first-order valence-electron chi connectivity index (χ1n) is 6.92. The summed E-state index contributed by atoms with van der Waals surface area (Å²) in [5, 5.41) is 9.18. The molecule has 1 heterocycles. The van der Waals surface area contributed by atoms with Gasteiger partial charge in [-0.05, 0) is 17.0 Å². The van der Waals surface area contributed by atoms with E-state index in [0.29, 0.717) is 18.3 Å². The summed E-state index contributed by atoms with van der Waals surface area (Å²) in [6, 6.07) is 8.25. The third kappa shape index (κ3) is 5.00. The summed E-state index contributed by atoms with van der Waals surface area (Å²) in [6.07, 6.45) is 1.40. The second-order valence-corrected chi connectivity index (χ2v) is 5.10. The predicted molar refractivity (Wildman–Crippen MR) is 78.4 cm³/mol. The minimum absolute atomic E-state index is 0.00474. The summed E-state index contributed by atoms with van der Waals surface area (Å²) >= 11 is 0. The van der Waals surface area contributed by atoms with Gasteiger partial charge in [0.05, 0.1) is 0 Å². The standard InChI is InChI=1S/C15H20N4O2/c1-11(2)13-5-3-12(4-6-13)7-16-15(20)9-21-8-14-17-10-18-19-14/h3-6,10-11H,7-9H2,1-2H3,(H,16,20)(H,17,18,19). The van der Waals surface area contributed by atoms with Crippen molar-refractivity contribution in [2.24, 2.45) is 0 Å². The molecule has 6 nitrogen and oxygen atoms in total. The van der Waals surface area contributed by atoms with Crippen molar-refractivity contribution < 1.29 is 9.53 Å². The zero-order valence-corrected chi connectivity index (χ0v) is 12.3. The number of H-pyrrole nitrogens is 1. The van der Waals surface area contributed by atoms with E-state index in [1.165, 1.54) is 11.9 Å². The number of hydrogen-bond donors (Lipinski definition) is 2. The number of aromatic amines is 1. The zero-order chi connectivity index (χ0) is 15.1. The van der Waals surface area contributed by atoms with E-state index in [9.17, 15) is 4.79 Å². The molecule has 0 spiro atoms. The second-order valence-electron chi connectivity index (χ2n) is 5.10. The van der Waals surface area contributed by atoms with Crippen LogP contribution in [-0.4, -0.2) is 27.7 Å². The number of nitrogens with zero attached hydrogens (tertiary/aromatic N) is 2. The molecule has 0 aliphatic heterocycles. The van der Waals surface area contributed by atoms with Crippen LogP contribution in [0.5, 0.6) is 0 Å². The van der Waals surface area contributed by atoms with Crippen LogP contribution in [0.15, 0.2) is 30.6 Å². The fourth-order valence-corrected chi connectivity index (χ4v) is 1.81. The molecule has 2 rings (SSSR count). The SMILES string of the molecule is CC(C)c1ccc(CNC(=O)COCc2ncn[nH]2)cc1. The monoisotopic (exact) mass is 288 g/mol. The number of ether oxygens (including phenoxy) is 1. The highest BCUT2D eigenvalue weighted by molar-refractivity contribution is 5.77. The van der Waals surface area contributed by atoms with E-state index in [2.05, 4.69) is 46.5 Å². The van der Waals surface area contributed by atoms with Gasteiger partial charge in [0.25, 0.3) is 0 Å². The van der Waals surface area contributed by atoms with E-state index >= 15 is 0 Å². The molecule has 0 aliphatic carbocycles. The summed E-state index contributed by atoms with van der Waals surface area (Å²) in [7, 11) is 0. The Morgan fingerprint density at radius 3 is 2.71 bits per heavy atom. The highest BCUT2D eigenvalue weighted by Gasteiger charge is 2.04. The average Bonchev–Trinajstić information content (AvgIpc) is 2.99. The van der Waals surface area contributed by atoms with Crippen molar-refractivity contribution in [3.63, 3.8) is 0 Å². The molecule has 0 fully saturated rings. The number of nitrogens with one attached hydrogen (secondary N) is 2. The van der Waals surface area contributed by atoms with Gasteiger partial charge in [0.2, 0.25) is 5.91 Å². The van der Waals surface area contributed by atoms with Gasteiger partial charge in [0.1, 0.15) is 25.4 Å². The number of aromatic nitrogens is 3. The fourth-order valence-electron chi connectivity index (χ4n) is 1.81. The average molecular weight is 288 g/mol. The maximum absolute atomic E-state index is 11.6. The molecular formula is C15H20N4O2. The molecule has 0 saturated heterocycles. The Labute approximate surface area is 123 Å². The van der Waals surface area contributed by atoms with Crippen molar-refractivity contribution >= 4 is 5.91 Å². The fraction of sp³-hybridized carbons (Fsp3) is 0.400. The van der Waals surface area contributed by atoms with Crippen LogP contribution in [0.4, 0.5) is 0 Å². The quantitative estimate of drug-likeness (QED) is 0.813. The van der Waals surface area contributed by atoms with E-state index in [1.54, 1.807) is 0 Å². The third-order valence-corrected chi connectivity index (χ3v) is 3.07. The molecule has 2 aromatic rings. The Morgan fingerprint density at radius 1 is 1.33 bits per heavy atom. The van der Waals surface area contributed by atoms with Crippen LogP contribution in [0.1, 0.15) is 36.7 Å². The highest BCUT2D eigenvalue weighted by Crippen LogP contribution is 2.14. The molecule has 0 bridgehead atoms. The summed E-state index contributed by atoms with van der Waals surface area (Å²) in [6.45, 7) is 5.06. The molecule has 6 heteroatoms. The molecule has 21 heavy (non-hydrogen) atoms. The summed E-state index contributed by atoms with van der Waals surface area (Å²) < 4.78 is 5.23. The lowest BCUT2D eigenvalue weighted by molar-refractivity contribution is -0.126. The molecule has 1 amide bonds. The predicted octanol–water partition coefficient (Wildman–Crippen LogP) is 1.76. The molecule has 0 unspecified atom stereocenters. The molecule has 0 saturated carbocycles. The first-order valence-corrected chi connectivity index (χ1v) is 6.92. The Hall–Kier alpha value is -2.21. The summed E-state index contributed by atoms with van der Waals surface area (Å²) in [4.78, 5) is 15.5. The number of amides is 1. The molecule has 1 aromatic heterocycles. The maximum Gasteiger partial charge on any atom is 0.246 e. The highest BCUT2D eigenvalue weighted by atomic mass is 16.5. The lowest BCUT2D eigenvalue weighted by Crippen LogP contribution is -2.27. The molecule has 112 valence electrons. The van der Waals surface area contributed by atoms with Gasteiger partial charge in [-0.3, -0.25) is 9.89 Å². The van der Waals surface area contributed by atoms with Gasteiger partial charge in [-0.1, -0.05) is 38.1 Å². The van der Waals surface area contributed by atoms with Crippen LogP contribution < -0.4 is 5.32 Å². The smallest absolute Gasteiger partial charge is 0.246 e. The van der Waals surface area contributed by atoms with Gasteiger partial charge < -0.3 is 10.1 Å². The minimum Gasteiger partial charge on any atom is -0.364 e. The Morgan fingerprint density at radius 2 is 2.10 bits per heavy atom. The van der Waals surface area contributed by atoms with Crippen LogP contribution in [0.3, 0.4) is 0 Å². The van der Waals surface area contributed by atoms with Crippen LogP contribution in [0.2, 0.25) is 0 Å². The van der Waals surface area contributed by atoms with Gasteiger partial charge in [-0.15, -0.1) is 0 Å². The third-order valence-electron chi connectivity index (χ3n) is 3.07. The molecule has 2 N–H and O–H groups in total. The molecule has 1 aromatic carbocycles. The molecular weight excluding hydrogens is 268 g/mol. The first-order chi connectivity index (χ1) is 10.1. The van der Waals surface area contributed by atoms with Crippen molar-refractivity contribution in [2.75, 3.05) is 6.61 Å². The van der Waals surface area contributed by atoms with Crippen LogP contribution in [0.25, 0.3) is 0 Å². The molecule has 0 radical (unpaired) electrons. The number of hydrogen-bond acceptors (Lipinski definition) is 4. The number of rotatable bonds is 7. The summed E-state index contributed by atoms with van der Waals surface area (Å²) in [5.74, 6) is 0.965. The largest absolute Gasteiger partial charge is 0.364 e. The first kappa shape index (κ1) is 15.2. The van der Waals surface area contributed by atoms with Crippen molar-refractivity contribution in [1.29, 1.82) is 0 Å². The number of benzene rings is 1. The van der Waals surface area contributed by atoms with Crippen molar-refractivity contribution in [2.45, 2.75) is 32.9 Å². The van der Waals surface area contributed by atoms with Crippen LogP contribution >= 0.6 is 0 Å². The number of carbonyl (C=O) groups excluding carboxylic acids is 1. The van der Waals surface area contributed by atoms with E-state index in [1.807, 2.05) is 12.1 Å². The van der Waals surface area contributed by atoms with Crippen LogP contribution in [0, 0.1) is 0 Å². The van der Waals surface area contributed by atoms with Gasteiger partial charge in [0, 0.05) is 6.54 Å². The van der Waals surface area contributed by atoms with Gasteiger partial charge in [-0.25, -0.2) is 4.98 Å². The Balaban J connectivity index is 1.68. The van der Waals surface area contributed by atoms with Gasteiger partial charge in [-0.2, -0.15) is 5.10 Å². The van der Waals surface area contributed by atoms with Gasteiger partial charge >= 0.3 is 0 Å². The van der Waals surface area contributed by atoms with E-state index in [4.69, 9.17) is 4.74 Å². The second kappa shape index (κ2) is 7.54. The zero-order valence-electron chi connectivity index (χ0n) is 12.3. The Bertz CT molecular complexity index is 550. The normalized spacial score (nSPS) is 10.8. The number of carbonyl (C=O) groups is 1. The lowest BCUT2D eigenvalue weighted by Gasteiger charge is -2.08. The lowest BCUT2D eigenvalue weighted by atomic mass is 10.0. The topological polar surface area (TPSA) is 79.9 Å². The summed E-state index contributed by atoms with van der Waals surface area (Å²) in [5.41, 5.74) is 2.36. The van der Waals surface area contributed by atoms with Crippen molar-refractivity contribution in [3.8, 4) is 0 Å². The Kier molecular flexibility index (Phi) is 5.45. The van der Waals surface area contributed by atoms with Crippen molar-refractivity contribution in [1.82, 2.24) is 20.5 Å². The molecule has 0 aliphatic rings. The minimum atomic E-state index is -0.151. The van der Waals surface area contributed by atoms with E-state index in [0.717, 1.165) is 5.56 Å². The van der Waals surface area contributed by atoms with E-state index < -0.39 is 0 Å². The maximum atomic E-state index is 11.6. The van der Waals surface area contributed by atoms with E-state index in [-0.39, 0.29) is 19.1 Å². The van der Waals surface area contributed by atoms with Crippen molar-refractivity contribution in [3.05, 3.63) is 47.5 Å². The molecule has 0 atom stereocenters.